The highest BCUT2D eigenvalue weighted by Crippen LogP contribution is 2.30. The largest absolute Gasteiger partial charge is 0.364 e. The van der Waals surface area contributed by atoms with Crippen LogP contribution in [0.15, 0.2) is 18.2 Å². The summed E-state index contributed by atoms with van der Waals surface area (Å²) in [7, 11) is 0. The van der Waals surface area contributed by atoms with Crippen LogP contribution in [0, 0.1) is 5.82 Å². The Morgan fingerprint density at radius 3 is 2.90 bits per heavy atom. The summed E-state index contributed by atoms with van der Waals surface area (Å²) in [5.41, 5.74) is 7.53. The van der Waals surface area contributed by atoms with Gasteiger partial charge in [0.2, 0.25) is 0 Å². The molecule has 4 heteroatoms. The SMILES string of the molecule is CC(N)Cc1ccc(N2CC3CCCN3CC2C)c(F)c1. The van der Waals surface area contributed by atoms with E-state index in [4.69, 9.17) is 5.73 Å². The number of anilines is 1. The van der Waals surface area contributed by atoms with E-state index in [-0.39, 0.29) is 11.9 Å². The van der Waals surface area contributed by atoms with E-state index in [1.807, 2.05) is 19.1 Å². The molecule has 2 aliphatic heterocycles. The minimum absolute atomic E-state index is 0.0659. The highest BCUT2D eigenvalue weighted by molar-refractivity contribution is 5.51. The summed E-state index contributed by atoms with van der Waals surface area (Å²) in [6, 6.07) is 6.66. The van der Waals surface area contributed by atoms with Crippen LogP contribution in [-0.2, 0) is 6.42 Å². The van der Waals surface area contributed by atoms with Crippen LogP contribution in [-0.4, -0.2) is 42.7 Å². The second-order valence-electron chi connectivity index (χ2n) is 6.76. The van der Waals surface area contributed by atoms with E-state index in [1.54, 1.807) is 6.07 Å². The van der Waals surface area contributed by atoms with E-state index >= 15 is 0 Å². The summed E-state index contributed by atoms with van der Waals surface area (Å²) in [6.07, 6.45) is 3.25. The third-order valence-corrected chi connectivity index (χ3v) is 4.82. The summed E-state index contributed by atoms with van der Waals surface area (Å²) < 4.78 is 14.5. The Hall–Kier alpha value is -1.13. The summed E-state index contributed by atoms with van der Waals surface area (Å²) in [5, 5.41) is 0. The molecule has 0 radical (unpaired) electrons. The van der Waals surface area contributed by atoms with E-state index in [0.29, 0.717) is 12.1 Å². The molecule has 0 amide bonds. The Morgan fingerprint density at radius 2 is 2.19 bits per heavy atom. The van der Waals surface area contributed by atoms with Crippen molar-refractivity contribution < 1.29 is 4.39 Å². The van der Waals surface area contributed by atoms with E-state index in [2.05, 4.69) is 16.7 Å². The van der Waals surface area contributed by atoms with Gasteiger partial charge in [-0.05, 0) is 57.4 Å². The number of nitrogens with two attached hydrogens (primary N) is 1. The Morgan fingerprint density at radius 1 is 1.38 bits per heavy atom. The van der Waals surface area contributed by atoms with Crippen molar-refractivity contribution >= 4 is 5.69 Å². The number of piperazine rings is 1. The predicted octanol–water partition coefficient (Wildman–Crippen LogP) is 2.39. The molecule has 3 atom stereocenters. The average Bonchev–Trinajstić information content (AvgIpc) is 2.84. The smallest absolute Gasteiger partial charge is 0.146 e. The lowest BCUT2D eigenvalue weighted by molar-refractivity contribution is 0.202. The standard InChI is InChI=1S/C17H26FN3/c1-12(19)8-14-5-6-17(16(18)9-14)21-11-15-4-3-7-20(15)10-13(21)2/h5-6,9,12-13,15H,3-4,7-8,10-11,19H2,1-2H3. The number of halogens is 1. The number of rotatable bonds is 3. The molecule has 0 saturated carbocycles. The number of benzene rings is 1. The van der Waals surface area contributed by atoms with E-state index in [9.17, 15) is 4.39 Å². The Bertz CT molecular complexity index is 503. The molecule has 2 saturated heterocycles. The number of hydrogen-bond donors (Lipinski definition) is 1. The van der Waals surface area contributed by atoms with Crippen molar-refractivity contribution in [3.8, 4) is 0 Å². The van der Waals surface area contributed by atoms with Crippen molar-refractivity contribution in [3.05, 3.63) is 29.6 Å². The lowest BCUT2D eigenvalue weighted by Gasteiger charge is -2.43. The van der Waals surface area contributed by atoms with Gasteiger partial charge < -0.3 is 10.6 Å². The molecule has 2 aliphatic rings. The molecular weight excluding hydrogens is 265 g/mol. The van der Waals surface area contributed by atoms with Gasteiger partial charge in [-0.25, -0.2) is 4.39 Å². The Balaban J connectivity index is 1.79. The van der Waals surface area contributed by atoms with Crippen LogP contribution < -0.4 is 10.6 Å². The van der Waals surface area contributed by atoms with Crippen LogP contribution in [0.5, 0.6) is 0 Å². The van der Waals surface area contributed by atoms with Gasteiger partial charge in [-0.15, -0.1) is 0 Å². The van der Waals surface area contributed by atoms with E-state index in [0.717, 1.165) is 30.8 Å². The number of fused-ring (bicyclic) bond motifs is 1. The fourth-order valence-corrected chi connectivity index (χ4v) is 3.81. The fourth-order valence-electron chi connectivity index (χ4n) is 3.81. The fraction of sp³-hybridized carbons (Fsp3) is 0.647. The lowest BCUT2D eigenvalue weighted by atomic mass is 10.0. The molecule has 3 rings (SSSR count). The third-order valence-electron chi connectivity index (χ3n) is 4.82. The van der Waals surface area contributed by atoms with Crippen LogP contribution in [0.2, 0.25) is 0 Å². The summed E-state index contributed by atoms with van der Waals surface area (Å²) in [5.74, 6) is -0.105. The quantitative estimate of drug-likeness (QED) is 0.928. The monoisotopic (exact) mass is 291 g/mol. The molecule has 116 valence electrons. The Kier molecular flexibility index (Phi) is 4.18. The lowest BCUT2D eigenvalue weighted by Crippen LogP contribution is -2.55. The van der Waals surface area contributed by atoms with Crippen molar-refractivity contribution in [3.63, 3.8) is 0 Å². The predicted molar refractivity (Wildman–Crippen MR) is 85.2 cm³/mol. The first kappa shape index (κ1) is 14.8. The molecule has 2 N–H and O–H groups in total. The van der Waals surface area contributed by atoms with Gasteiger partial charge in [-0.1, -0.05) is 6.07 Å². The van der Waals surface area contributed by atoms with Crippen LogP contribution in [0.3, 0.4) is 0 Å². The van der Waals surface area contributed by atoms with Crippen molar-refractivity contribution in [2.24, 2.45) is 5.73 Å². The molecule has 3 unspecified atom stereocenters. The maximum Gasteiger partial charge on any atom is 0.146 e. The van der Waals surface area contributed by atoms with Crippen molar-refractivity contribution in [2.75, 3.05) is 24.5 Å². The molecule has 2 fully saturated rings. The van der Waals surface area contributed by atoms with Gasteiger partial charge in [-0.2, -0.15) is 0 Å². The molecule has 0 spiro atoms. The molecule has 0 bridgehead atoms. The van der Waals surface area contributed by atoms with Crippen molar-refractivity contribution in [2.45, 2.75) is 51.2 Å². The third kappa shape index (κ3) is 3.06. The zero-order chi connectivity index (χ0) is 15.0. The van der Waals surface area contributed by atoms with Crippen LogP contribution in [0.1, 0.15) is 32.3 Å². The maximum atomic E-state index is 14.5. The van der Waals surface area contributed by atoms with E-state index < -0.39 is 0 Å². The van der Waals surface area contributed by atoms with Gasteiger partial charge in [-0.3, -0.25) is 4.90 Å². The molecule has 1 aromatic carbocycles. The minimum atomic E-state index is -0.105. The highest BCUT2D eigenvalue weighted by atomic mass is 19.1. The van der Waals surface area contributed by atoms with Crippen molar-refractivity contribution in [1.82, 2.24) is 4.90 Å². The van der Waals surface area contributed by atoms with E-state index in [1.165, 1.54) is 19.4 Å². The molecule has 0 aliphatic carbocycles. The maximum absolute atomic E-state index is 14.5. The second kappa shape index (κ2) is 5.93. The minimum Gasteiger partial charge on any atom is -0.364 e. The molecule has 1 aromatic rings. The zero-order valence-corrected chi connectivity index (χ0v) is 13.1. The first-order valence-electron chi connectivity index (χ1n) is 8.09. The van der Waals surface area contributed by atoms with Crippen LogP contribution >= 0.6 is 0 Å². The van der Waals surface area contributed by atoms with Gasteiger partial charge >= 0.3 is 0 Å². The molecular formula is C17H26FN3. The van der Waals surface area contributed by atoms with Gasteiger partial charge in [0.05, 0.1) is 5.69 Å². The van der Waals surface area contributed by atoms with Crippen molar-refractivity contribution in [1.29, 1.82) is 0 Å². The molecule has 21 heavy (non-hydrogen) atoms. The number of hydrogen-bond acceptors (Lipinski definition) is 3. The van der Waals surface area contributed by atoms with Crippen LogP contribution in [0.4, 0.5) is 10.1 Å². The van der Waals surface area contributed by atoms with Gasteiger partial charge in [0.15, 0.2) is 0 Å². The highest BCUT2D eigenvalue weighted by Gasteiger charge is 2.35. The average molecular weight is 291 g/mol. The molecule has 2 heterocycles. The first-order valence-corrected chi connectivity index (χ1v) is 8.09. The summed E-state index contributed by atoms with van der Waals surface area (Å²) in [6.45, 7) is 7.35. The van der Waals surface area contributed by atoms with Gasteiger partial charge in [0.1, 0.15) is 5.82 Å². The second-order valence-corrected chi connectivity index (χ2v) is 6.76. The summed E-state index contributed by atoms with van der Waals surface area (Å²) in [4.78, 5) is 4.81. The van der Waals surface area contributed by atoms with Gasteiger partial charge in [0, 0.05) is 31.2 Å². The summed E-state index contributed by atoms with van der Waals surface area (Å²) >= 11 is 0. The topological polar surface area (TPSA) is 32.5 Å². The van der Waals surface area contributed by atoms with Crippen LogP contribution in [0.25, 0.3) is 0 Å². The number of nitrogens with zero attached hydrogens (tertiary/aromatic N) is 2. The Labute approximate surface area is 126 Å². The van der Waals surface area contributed by atoms with Gasteiger partial charge in [0.25, 0.3) is 0 Å². The zero-order valence-electron chi connectivity index (χ0n) is 13.1. The first-order chi connectivity index (χ1) is 10.0. The normalized spacial score (nSPS) is 27.7. The molecule has 0 aromatic heterocycles. The molecule has 3 nitrogen and oxygen atoms in total.